The largest absolute Gasteiger partial charge is 0.434 e. The van der Waals surface area contributed by atoms with Crippen LogP contribution < -0.4 is 5.14 Å². The predicted octanol–water partition coefficient (Wildman–Crippen LogP) is 5.53. The first kappa shape index (κ1) is 22.1. The van der Waals surface area contributed by atoms with E-state index >= 15 is 0 Å². The van der Waals surface area contributed by atoms with Gasteiger partial charge in [0.05, 0.1) is 10.7 Å². The molecule has 0 aliphatic carbocycles. The van der Waals surface area contributed by atoms with Crippen LogP contribution in [0.1, 0.15) is 5.69 Å². The fraction of sp³-hybridized carbons (Fsp3) is 0.0455. The lowest BCUT2D eigenvalue weighted by Crippen LogP contribution is -2.16. The smallest absolute Gasteiger partial charge is 0.298 e. The van der Waals surface area contributed by atoms with Gasteiger partial charge in [0.2, 0.25) is 10.0 Å². The van der Waals surface area contributed by atoms with Crippen molar-refractivity contribution in [2.75, 3.05) is 0 Å². The Morgan fingerprint density at radius 2 is 1.56 bits per heavy atom. The Balaban J connectivity index is 2.01. The van der Waals surface area contributed by atoms with Crippen LogP contribution in [0.3, 0.4) is 0 Å². The Morgan fingerprint density at radius 3 is 2.19 bits per heavy atom. The molecule has 0 amide bonds. The van der Waals surface area contributed by atoms with Crippen LogP contribution in [0.4, 0.5) is 13.2 Å². The van der Waals surface area contributed by atoms with Crippen molar-refractivity contribution in [2.45, 2.75) is 11.1 Å². The van der Waals surface area contributed by atoms with Crippen LogP contribution in [0.5, 0.6) is 0 Å². The fourth-order valence-corrected chi connectivity index (χ4v) is 4.25. The minimum absolute atomic E-state index is 0.0786. The molecule has 32 heavy (non-hydrogen) atoms. The minimum Gasteiger partial charge on any atom is -0.298 e. The summed E-state index contributed by atoms with van der Waals surface area (Å²) >= 11 is 6.20. The molecule has 0 spiro atoms. The summed E-state index contributed by atoms with van der Waals surface area (Å²) in [7, 11) is -4.31. The van der Waals surface area contributed by atoms with E-state index in [4.69, 9.17) is 16.7 Å². The molecule has 0 unspecified atom stereocenters. The zero-order valence-corrected chi connectivity index (χ0v) is 17.8. The van der Waals surface area contributed by atoms with Crippen molar-refractivity contribution in [3.63, 3.8) is 0 Å². The first-order valence-corrected chi connectivity index (χ1v) is 11.1. The number of sulfonamides is 1. The van der Waals surface area contributed by atoms with Crippen LogP contribution in [-0.4, -0.2) is 18.0 Å². The number of nitrogens with zero attached hydrogens (tertiary/aromatic N) is 2. The second-order valence-corrected chi connectivity index (χ2v) is 8.83. The van der Waals surface area contributed by atoms with Gasteiger partial charge in [-0.25, -0.2) is 18.5 Å². The van der Waals surface area contributed by atoms with Gasteiger partial charge in [-0.1, -0.05) is 60.1 Å². The number of rotatable bonds is 4. The highest BCUT2D eigenvalue weighted by molar-refractivity contribution is 7.89. The number of hydrogen-bond acceptors (Lipinski definition) is 3. The van der Waals surface area contributed by atoms with Gasteiger partial charge in [0.1, 0.15) is 10.7 Å². The summed E-state index contributed by atoms with van der Waals surface area (Å²) in [5, 5.41) is 5.60. The first-order valence-electron chi connectivity index (χ1n) is 9.20. The van der Waals surface area contributed by atoms with E-state index in [0.29, 0.717) is 5.56 Å². The number of hydrogen-bond donors (Lipinski definition) is 1. The van der Waals surface area contributed by atoms with Crippen molar-refractivity contribution in [1.82, 2.24) is 9.55 Å². The van der Waals surface area contributed by atoms with Crippen LogP contribution in [0.15, 0.2) is 83.9 Å². The van der Waals surface area contributed by atoms with Crippen molar-refractivity contribution >= 4 is 21.6 Å². The average molecular weight is 478 g/mol. The molecule has 0 atom stereocenters. The molecule has 164 valence electrons. The average Bonchev–Trinajstić information content (AvgIpc) is 3.19. The normalized spacial score (nSPS) is 12.2. The van der Waals surface area contributed by atoms with Crippen LogP contribution in [0, 0.1) is 0 Å². The van der Waals surface area contributed by atoms with Crippen molar-refractivity contribution < 1.29 is 21.6 Å². The van der Waals surface area contributed by atoms with Gasteiger partial charge in [-0.15, -0.1) is 0 Å². The van der Waals surface area contributed by atoms with Gasteiger partial charge in [0.15, 0.2) is 5.69 Å². The number of alkyl halides is 3. The minimum atomic E-state index is -4.76. The molecular formula is C22H15ClF3N3O2S. The van der Waals surface area contributed by atoms with Crippen molar-refractivity contribution in [2.24, 2.45) is 5.14 Å². The Kier molecular flexibility index (Phi) is 5.58. The number of benzene rings is 3. The highest BCUT2D eigenvalue weighted by Gasteiger charge is 2.36. The second-order valence-electron chi connectivity index (χ2n) is 6.89. The summed E-state index contributed by atoms with van der Waals surface area (Å²) in [6.45, 7) is 0. The van der Waals surface area contributed by atoms with Crippen molar-refractivity contribution in [3.8, 4) is 28.2 Å². The maximum Gasteiger partial charge on any atom is 0.434 e. The van der Waals surface area contributed by atoms with Gasteiger partial charge in [-0.3, -0.25) is 4.57 Å². The SMILES string of the molecule is NS(=O)(=O)c1cc(-c2ccccc2)ccc1-n1cc(C(F)(F)F)nc1-c1ccccc1Cl. The van der Waals surface area contributed by atoms with Crippen molar-refractivity contribution in [1.29, 1.82) is 0 Å². The summed E-state index contributed by atoms with van der Waals surface area (Å²) < 4.78 is 66.3. The first-order chi connectivity index (χ1) is 15.1. The van der Waals surface area contributed by atoms with E-state index in [9.17, 15) is 21.6 Å². The molecule has 1 aromatic heterocycles. The zero-order valence-electron chi connectivity index (χ0n) is 16.2. The molecule has 0 radical (unpaired) electrons. The van der Waals surface area contributed by atoms with E-state index in [1.807, 2.05) is 0 Å². The maximum atomic E-state index is 13.5. The van der Waals surface area contributed by atoms with Gasteiger partial charge in [-0.2, -0.15) is 13.2 Å². The number of imidazole rings is 1. The summed E-state index contributed by atoms with van der Waals surface area (Å²) in [5.41, 5.74) is 0.188. The monoisotopic (exact) mass is 477 g/mol. The molecule has 5 nitrogen and oxygen atoms in total. The highest BCUT2D eigenvalue weighted by Crippen LogP contribution is 2.37. The third-order valence-electron chi connectivity index (χ3n) is 4.74. The summed E-state index contributed by atoms with van der Waals surface area (Å²) in [4.78, 5) is 3.36. The van der Waals surface area contributed by atoms with Crippen LogP contribution in [0.2, 0.25) is 5.02 Å². The van der Waals surface area contributed by atoms with E-state index in [-0.39, 0.29) is 27.0 Å². The number of primary sulfonamides is 1. The molecule has 0 aliphatic heterocycles. The molecule has 1 heterocycles. The second kappa shape index (κ2) is 8.09. The van der Waals surface area contributed by atoms with Gasteiger partial charge < -0.3 is 0 Å². The van der Waals surface area contributed by atoms with Gasteiger partial charge >= 0.3 is 6.18 Å². The lowest BCUT2D eigenvalue weighted by Gasteiger charge is -2.14. The molecule has 0 fully saturated rings. The molecule has 2 N–H and O–H groups in total. The third kappa shape index (κ3) is 4.27. The van der Waals surface area contributed by atoms with E-state index in [1.165, 1.54) is 24.3 Å². The molecule has 4 aromatic rings. The standard InChI is InChI=1S/C22H15ClF3N3O2S/c23-17-9-5-4-8-16(17)21-28-20(22(24,25)26)13-29(21)18-11-10-15(12-19(18)32(27,30)31)14-6-2-1-3-7-14/h1-13H,(H2,27,30,31). The molecule has 0 aliphatic rings. The fourth-order valence-electron chi connectivity index (χ4n) is 3.28. The summed E-state index contributed by atoms with van der Waals surface area (Å²) in [6.07, 6.45) is -4.03. The van der Waals surface area contributed by atoms with Crippen molar-refractivity contribution in [3.05, 3.63) is 89.7 Å². The molecular weight excluding hydrogens is 463 g/mol. The molecule has 0 saturated carbocycles. The highest BCUT2D eigenvalue weighted by atomic mass is 35.5. The van der Waals surface area contributed by atoms with Gasteiger partial charge in [0.25, 0.3) is 0 Å². The van der Waals surface area contributed by atoms with Crippen LogP contribution in [0.25, 0.3) is 28.2 Å². The Bertz CT molecular complexity index is 1400. The third-order valence-corrected chi connectivity index (χ3v) is 6.01. The van der Waals surface area contributed by atoms with Gasteiger partial charge in [0, 0.05) is 11.8 Å². The lowest BCUT2D eigenvalue weighted by molar-refractivity contribution is -0.140. The van der Waals surface area contributed by atoms with E-state index < -0.39 is 21.9 Å². The van der Waals surface area contributed by atoms with Gasteiger partial charge in [-0.05, 0) is 35.4 Å². The number of aromatic nitrogens is 2. The molecule has 0 saturated heterocycles. The zero-order chi connectivity index (χ0) is 23.1. The Hall–Kier alpha value is -3.14. The maximum absolute atomic E-state index is 13.5. The number of nitrogens with two attached hydrogens (primary N) is 1. The quantitative estimate of drug-likeness (QED) is 0.420. The summed E-state index contributed by atoms with van der Waals surface area (Å²) in [6, 6.07) is 19.4. The summed E-state index contributed by atoms with van der Waals surface area (Å²) in [5.74, 6) is -0.166. The molecule has 4 rings (SSSR count). The number of halogens is 4. The topological polar surface area (TPSA) is 78.0 Å². The molecule has 3 aromatic carbocycles. The predicted molar refractivity (Wildman–Crippen MR) is 116 cm³/mol. The van der Waals surface area contributed by atoms with E-state index in [0.717, 1.165) is 16.3 Å². The molecule has 0 bridgehead atoms. The molecule has 10 heteroatoms. The van der Waals surface area contributed by atoms with E-state index in [2.05, 4.69) is 4.98 Å². The lowest BCUT2D eigenvalue weighted by atomic mass is 10.1. The Morgan fingerprint density at radius 1 is 0.906 bits per heavy atom. The van der Waals surface area contributed by atoms with Crippen LogP contribution in [-0.2, 0) is 16.2 Å². The Labute approximate surface area is 187 Å². The van der Waals surface area contributed by atoms with Crippen LogP contribution >= 0.6 is 11.6 Å². The van der Waals surface area contributed by atoms with E-state index in [1.54, 1.807) is 48.5 Å².